The number of ether oxygens (including phenoxy) is 10. The van der Waals surface area contributed by atoms with Gasteiger partial charge in [0.05, 0.1) is 50.8 Å². The van der Waals surface area contributed by atoms with Crippen LogP contribution in [0.5, 0.6) is 0 Å². The van der Waals surface area contributed by atoms with Crippen molar-refractivity contribution in [1.82, 2.24) is 0 Å². The van der Waals surface area contributed by atoms with Gasteiger partial charge >= 0.3 is 0 Å². The summed E-state index contributed by atoms with van der Waals surface area (Å²) in [6.07, 6.45) is -21.2. The van der Waals surface area contributed by atoms with Crippen LogP contribution in [-0.4, -0.2) is 229 Å². The lowest BCUT2D eigenvalue weighted by molar-refractivity contribution is -0.378. The van der Waals surface area contributed by atoms with Crippen LogP contribution in [0.25, 0.3) is 0 Å². The third-order valence-corrected chi connectivity index (χ3v) is 20.5. The largest absolute Gasteiger partial charge is 0.394 e. The van der Waals surface area contributed by atoms with Crippen LogP contribution in [-0.2, 0) is 47.4 Å². The Kier molecular flexibility index (Phi) is 15.3. The van der Waals surface area contributed by atoms with Crippen LogP contribution < -0.4 is 0 Å². The molecule has 6 aliphatic heterocycles. The summed E-state index contributed by atoms with van der Waals surface area (Å²) in [7, 11) is 0. The van der Waals surface area contributed by atoms with Gasteiger partial charge in [0.1, 0.15) is 85.5 Å². The van der Waals surface area contributed by atoms with E-state index >= 15 is 0 Å². The van der Waals surface area contributed by atoms with Gasteiger partial charge in [-0.05, 0) is 93.3 Å². The van der Waals surface area contributed by atoms with Gasteiger partial charge in [-0.1, -0.05) is 39.3 Å². The fourth-order valence-electron chi connectivity index (χ4n) is 17.0. The summed E-state index contributed by atoms with van der Waals surface area (Å²) in [6, 6.07) is 0. The molecule has 10 fully saturated rings. The van der Waals surface area contributed by atoms with E-state index in [1.54, 1.807) is 0 Å². The average molecular weight is 1060 g/mol. The van der Waals surface area contributed by atoms with E-state index in [-0.39, 0.29) is 46.7 Å². The second-order valence-electron chi connectivity index (χ2n) is 25.3. The fraction of sp³-hybridized carbons (Fsp3) is 0.962. The Balaban J connectivity index is 0.879. The molecule has 0 radical (unpaired) electrons. The number of allylic oxidation sites excluding steroid dienone is 1. The normalized spacial score (nSPS) is 56.7. The number of fused-ring (bicyclic) bond motifs is 4. The van der Waals surface area contributed by atoms with Crippen LogP contribution in [0.15, 0.2) is 11.6 Å². The molecule has 6 heterocycles. The summed E-state index contributed by atoms with van der Waals surface area (Å²) in [5.41, 5.74) is -0.717. The summed E-state index contributed by atoms with van der Waals surface area (Å²) in [5, 5.41) is 130. The Morgan fingerprint density at radius 2 is 1.23 bits per heavy atom. The van der Waals surface area contributed by atoms with E-state index in [9.17, 15) is 61.3 Å². The van der Waals surface area contributed by atoms with Crippen molar-refractivity contribution in [2.45, 2.75) is 234 Å². The lowest BCUT2D eigenvalue weighted by Gasteiger charge is -2.70. The number of aliphatic hydroxyl groups is 12. The van der Waals surface area contributed by atoms with Crippen molar-refractivity contribution in [3.8, 4) is 0 Å². The highest BCUT2D eigenvalue weighted by molar-refractivity contribution is 5.27. The zero-order valence-corrected chi connectivity index (χ0v) is 43.6. The molecule has 2 spiro atoms. The molecule has 4 saturated carbocycles. The van der Waals surface area contributed by atoms with E-state index in [2.05, 4.69) is 47.6 Å². The minimum absolute atomic E-state index is 0.108. The first-order chi connectivity index (χ1) is 34.8. The second-order valence-corrected chi connectivity index (χ2v) is 25.3. The molecule has 0 aromatic carbocycles. The molecule has 74 heavy (non-hydrogen) atoms. The average Bonchev–Trinajstić information content (AvgIpc) is 3.96. The molecule has 12 N–H and O–H groups in total. The highest BCUT2D eigenvalue weighted by Gasteiger charge is 2.81. The maximum absolute atomic E-state index is 12.3. The Labute approximate surface area is 431 Å². The summed E-state index contributed by atoms with van der Waals surface area (Å²) in [6.45, 7) is 13.6. The monoisotopic (exact) mass is 1060 g/mol. The minimum Gasteiger partial charge on any atom is -0.394 e. The first-order valence-electron chi connectivity index (χ1n) is 27.0. The molecule has 0 aromatic rings. The summed E-state index contributed by atoms with van der Waals surface area (Å²) in [5.74, 6) is -0.233. The quantitative estimate of drug-likeness (QED) is 0.0776. The number of aliphatic hydroxyl groups excluding tert-OH is 11. The van der Waals surface area contributed by atoms with Gasteiger partial charge in [0.2, 0.25) is 0 Å². The lowest BCUT2D eigenvalue weighted by atomic mass is 9.35. The summed E-state index contributed by atoms with van der Waals surface area (Å²) < 4.78 is 62.4. The standard InChI is InChI=1S/C52H84O22/c1-22(2)14-23-15-50(7,64)42-24-8-9-30-48(5)12-11-31(47(3,4)29(48)10-13-49(30,6)51(24)20-52(42,74-23)67-21-51)71-46-41(73-44-37(61)33(57)27(17-54)69-44)40(25(55)18-65-46)72-45-39(63)36(60)34(58)28(70-45)19-66-43-38(62)35(59)32(56)26(16-53)68-43/h14,23-46,53-64H,8-13,15-21H2,1-7H3/t23?,24-,25+,26-,27+,28-,29?,30-,31+,32-,33+,34-,35+,36+,37-,38-,39-,40+,41-,42?,43-,44+,45+,46+,48+,49-,50?,51+,52+/m1/s1. The molecule has 10 aliphatic rings. The molecule has 22 heteroatoms. The van der Waals surface area contributed by atoms with Gasteiger partial charge < -0.3 is 109 Å². The second kappa shape index (κ2) is 20.1. The van der Waals surface area contributed by atoms with Crippen LogP contribution in [0.1, 0.15) is 99.8 Å². The molecule has 22 nitrogen and oxygen atoms in total. The van der Waals surface area contributed by atoms with Crippen molar-refractivity contribution < 1.29 is 109 Å². The van der Waals surface area contributed by atoms with E-state index in [0.717, 1.165) is 44.1 Å². The van der Waals surface area contributed by atoms with Crippen LogP contribution in [0.3, 0.4) is 0 Å². The van der Waals surface area contributed by atoms with Crippen LogP contribution in [0, 0.1) is 45.3 Å². The number of hydrogen-bond donors (Lipinski definition) is 12. The predicted octanol–water partition coefficient (Wildman–Crippen LogP) is -1.57. The van der Waals surface area contributed by atoms with Gasteiger partial charge in [0.15, 0.2) is 30.9 Å². The van der Waals surface area contributed by atoms with Crippen molar-refractivity contribution in [2.24, 2.45) is 45.3 Å². The van der Waals surface area contributed by atoms with Crippen molar-refractivity contribution in [3.05, 3.63) is 11.6 Å². The van der Waals surface area contributed by atoms with E-state index in [0.29, 0.717) is 25.4 Å². The van der Waals surface area contributed by atoms with Crippen LogP contribution in [0.4, 0.5) is 0 Å². The summed E-state index contributed by atoms with van der Waals surface area (Å²) >= 11 is 0. The van der Waals surface area contributed by atoms with Gasteiger partial charge in [0, 0.05) is 24.2 Å². The van der Waals surface area contributed by atoms with Crippen molar-refractivity contribution >= 4 is 0 Å². The third-order valence-electron chi connectivity index (χ3n) is 20.5. The zero-order valence-electron chi connectivity index (χ0n) is 43.6. The van der Waals surface area contributed by atoms with E-state index in [1.165, 1.54) is 0 Å². The maximum atomic E-state index is 12.3. The first-order valence-corrected chi connectivity index (χ1v) is 27.0. The number of rotatable bonds is 12. The number of hydrogen-bond acceptors (Lipinski definition) is 22. The van der Waals surface area contributed by atoms with Gasteiger partial charge in [-0.25, -0.2) is 0 Å². The SMILES string of the molecule is CC(C)=CC1CC(C)(O)C2[C@H]3CC[C@@H]4[C@@]5(C)CC[C@H](O[C@@H]6OC[C@H](O)[C@H](O[C@@H]7O[C@H](CO[C@@H]8O[C@H](CO)[C@@H](O)[C@H](O)[C@H]8O)[C@@H](O)[C@H](O)[C@H]7O)[C@H]6O[C@@H]6O[C@@H](CO)[C@H](O)[C@H]6O)C(C)(C)C5CC[C@@]4(C)[C@@]34CO[C@@]2(C4)O1. The molecular formula is C52H84O22. The van der Waals surface area contributed by atoms with E-state index < -0.39 is 153 Å². The molecular weight excluding hydrogens is 977 g/mol. The van der Waals surface area contributed by atoms with Gasteiger partial charge in [-0.2, -0.15) is 0 Å². The Hall–Kier alpha value is -1.14. The molecule has 2 bridgehead atoms. The van der Waals surface area contributed by atoms with Crippen molar-refractivity contribution in [2.75, 3.05) is 33.0 Å². The first kappa shape index (κ1) is 56.1. The highest BCUT2D eigenvalue weighted by Crippen LogP contribution is 2.80. The minimum atomic E-state index is -1.94. The van der Waals surface area contributed by atoms with Gasteiger partial charge in [-0.3, -0.25) is 0 Å². The van der Waals surface area contributed by atoms with Crippen molar-refractivity contribution in [3.63, 3.8) is 0 Å². The Morgan fingerprint density at radius 3 is 1.89 bits per heavy atom. The zero-order chi connectivity index (χ0) is 53.4. The fourth-order valence-corrected chi connectivity index (χ4v) is 17.0. The topological polar surface area (TPSA) is 335 Å². The molecule has 0 amide bonds. The molecule has 4 aliphatic carbocycles. The molecule has 4 unspecified atom stereocenters. The maximum Gasteiger partial charge on any atom is 0.187 e. The highest BCUT2D eigenvalue weighted by atomic mass is 16.8. The molecule has 6 saturated heterocycles. The Bertz CT molecular complexity index is 2020. The van der Waals surface area contributed by atoms with Gasteiger partial charge in [-0.15, -0.1) is 0 Å². The smallest absolute Gasteiger partial charge is 0.187 e. The van der Waals surface area contributed by atoms with Crippen LogP contribution >= 0.6 is 0 Å². The Morgan fingerprint density at radius 1 is 0.635 bits per heavy atom. The molecule has 424 valence electrons. The van der Waals surface area contributed by atoms with Crippen LogP contribution in [0.2, 0.25) is 0 Å². The third kappa shape index (κ3) is 8.83. The molecule has 0 aromatic heterocycles. The molecule has 29 atom stereocenters. The van der Waals surface area contributed by atoms with Gasteiger partial charge in [0.25, 0.3) is 0 Å². The predicted molar refractivity (Wildman–Crippen MR) is 251 cm³/mol. The molecule has 10 rings (SSSR count). The van der Waals surface area contributed by atoms with Crippen molar-refractivity contribution in [1.29, 1.82) is 0 Å². The summed E-state index contributed by atoms with van der Waals surface area (Å²) in [4.78, 5) is 0. The van der Waals surface area contributed by atoms with E-state index in [4.69, 9.17) is 47.4 Å². The van der Waals surface area contributed by atoms with E-state index in [1.807, 2.05) is 6.92 Å². The lowest BCUT2D eigenvalue weighted by Crippen LogP contribution is -2.67.